The lowest BCUT2D eigenvalue weighted by Crippen LogP contribution is -2.47. The molecule has 5 nitrogen and oxygen atoms in total. The number of carbonyl (C=O) groups is 2. The second kappa shape index (κ2) is 8.08. The summed E-state index contributed by atoms with van der Waals surface area (Å²) in [6.45, 7) is 0. The van der Waals surface area contributed by atoms with Gasteiger partial charge in [-0.2, -0.15) is 11.8 Å². The first-order valence-corrected chi connectivity index (χ1v) is 8.77. The van der Waals surface area contributed by atoms with Gasteiger partial charge in [-0.1, -0.05) is 0 Å². The van der Waals surface area contributed by atoms with Crippen molar-refractivity contribution in [1.29, 1.82) is 0 Å². The van der Waals surface area contributed by atoms with Gasteiger partial charge in [0.1, 0.15) is 11.8 Å². The van der Waals surface area contributed by atoms with Gasteiger partial charge in [-0.15, -0.1) is 0 Å². The van der Waals surface area contributed by atoms with E-state index in [2.05, 4.69) is 10.6 Å². The average Bonchev–Trinajstić information content (AvgIpc) is 3.35. The molecule has 2 amide bonds. The minimum atomic E-state index is -0.484. The van der Waals surface area contributed by atoms with E-state index in [1.54, 1.807) is 43.1 Å². The topological polar surface area (TPSA) is 67.4 Å². The summed E-state index contributed by atoms with van der Waals surface area (Å²) in [5, 5.41) is 5.79. The van der Waals surface area contributed by atoms with Gasteiger partial charge in [-0.25, -0.2) is 0 Å². The quantitative estimate of drug-likeness (QED) is 0.766. The fourth-order valence-corrected chi connectivity index (χ4v) is 2.49. The van der Waals surface area contributed by atoms with Gasteiger partial charge in [-0.05, 0) is 55.5 Å². The van der Waals surface area contributed by atoms with Crippen LogP contribution in [-0.4, -0.2) is 43.0 Å². The summed E-state index contributed by atoms with van der Waals surface area (Å²) in [7, 11) is 1.58. The summed E-state index contributed by atoms with van der Waals surface area (Å²) < 4.78 is 5.07. The number of nitrogens with one attached hydrogen (secondary N) is 2. The second-order valence-corrected chi connectivity index (χ2v) is 6.30. The van der Waals surface area contributed by atoms with Crippen LogP contribution < -0.4 is 15.4 Å². The minimum Gasteiger partial charge on any atom is -0.497 e. The third-order valence-electron chi connectivity index (χ3n) is 3.51. The molecule has 0 unspecified atom stereocenters. The maximum absolute atomic E-state index is 12.3. The molecule has 1 saturated carbocycles. The van der Waals surface area contributed by atoms with Crippen LogP contribution in [0, 0.1) is 0 Å². The van der Waals surface area contributed by atoms with Gasteiger partial charge in [0.15, 0.2) is 0 Å². The van der Waals surface area contributed by atoms with Gasteiger partial charge in [0.2, 0.25) is 5.91 Å². The van der Waals surface area contributed by atoms with E-state index in [0.29, 0.717) is 23.8 Å². The van der Waals surface area contributed by atoms with E-state index in [9.17, 15) is 9.59 Å². The Morgan fingerprint density at radius 1 is 1.32 bits per heavy atom. The van der Waals surface area contributed by atoms with Gasteiger partial charge in [0.25, 0.3) is 5.91 Å². The molecule has 0 heterocycles. The van der Waals surface area contributed by atoms with Crippen molar-refractivity contribution < 1.29 is 14.3 Å². The van der Waals surface area contributed by atoms with Gasteiger partial charge in [-0.3, -0.25) is 9.59 Å². The fourth-order valence-electron chi connectivity index (χ4n) is 2.02. The van der Waals surface area contributed by atoms with Crippen LogP contribution in [0.1, 0.15) is 29.6 Å². The molecule has 0 radical (unpaired) electrons. The fraction of sp³-hybridized carbons (Fsp3) is 0.500. The largest absolute Gasteiger partial charge is 0.497 e. The maximum atomic E-state index is 12.3. The molecule has 0 bridgehead atoms. The van der Waals surface area contributed by atoms with E-state index in [1.165, 1.54) is 0 Å². The highest BCUT2D eigenvalue weighted by atomic mass is 32.2. The summed E-state index contributed by atoms with van der Waals surface area (Å²) in [4.78, 5) is 24.5. The molecule has 0 aliphatic heterocycles. The van der Waals surface area contributed by atoms with E-state index in [0.717, 1.165) is 18.6 Å². The molecule has 1 fully saturated rings. The molecule has 1 aliphatic rings. The molecule has 0 spiro atoms. The van der Waals surface area contributed by atoms with Crippen molar-refractivity contribution in [2.45, 2.75) is 31.3 Å². The molecule has 0 saturated heterocycles. The smallest absolute Gasteiger partial charge is 0.251 e. The number of benzene rings is 1. The third kappa shape index (κ3) is 4.94. The van der Waals surface area contributed by atoms with Gasteiger partial charge in [0.05, 0.1) is 7.11 Å². The zero-order valence-corrected chi connectivity index (χ0v) is 13.7. The lowest BCUT2D eigenvalue weighted by atomic mass is 10.1. The van der Waals surface area contributed by atoms with Gasteiger partial charge < -0.3 is 15.4 Å². The van der Waals surface area contributed by atoms with Crippen LogP contribution in [0.5, 0.6) is 5.75 Å². The third-order valence-corrected chi connectivity index (χ3v) is 4.15. The first-order valence-electron chi connectivity index (χ1n) is 7.38. The highest BCUT2D eigenvalue weighted by molar-refractivity contribution is 7.98. The Bertz CT molecular complexity index is 515. The first-order chi connectivity index (χ1) is 10.6. The highest BCUT2D eigenvalue weighted by Gasteiger charge is 2.28. The summed E-state index contributed by atoms with van der Waals surface area (Å²) in [5.74, 6) is 1.20. The van der Waals surface area contributed by atoms with Crippen molar-refractivity contribution in [2.24, 2.45) is 0 Å². The number of methoxy groups -OCH3 is 1. The van der Waals surface area contributed by atoms with Crippen LogP contribution in [0.25, 0.3) is 0 Å². The Hall–Kier alpha value is -1.69. The standard InChI is InChI=1S/C16H22N2O3S/c1-21-13-7-3-11(4-8-13)15(19)18-14(9-10-22-2)16(20)17-12-5-6-12/h3-4,7-8,12,14H,5-6,9-10H2,1-2H3,(H,17,20)(H,18,19)/t14-/m0/s1. The molecule has 2 rings (SSSR count). The molecule has 1 aromatic rings. The predicted molar refractivity (Wildman–Crippen MR) is 88.4 cm³/mol. The predicted octanol–water partition coefficient (Wildman–Crippen LogP) is 1.83. The first kappa shape index (κ1) is 16.7. The van der Waals surface area contributed by atoms with Crippen LogP contribution >= 0.6 is 11.8 Å². The number of thioether (sulfide) groups is 1. The summed E-state index contributed by atoms with van der Waals surface area (Å²) >= 11 is 1.66. The molecule has 1 aromatic carbocycles. The van der Waals surface area contributed by atoms with Crippen LogP contribution in [0.4, 0.5) is 0 Å². The van der Waals surface area contributed by atoms with Crippen molar-refractivity contribution in [2.75, 3.05) is 19.1 Å². The van der Waals surface area contributed by atoms with E-state index in [-0.39, 0.29) is 11.8 Å². The van der Waals surface area contributed by atoms with Crippen LogP contribution in [-0.2, 0) is 4.79 Å². The Kier molecular flexibility index (Phi) is 6.12. The summed E-state index contributed by atoms with van der Waals surface area (Å²) in [6.07, 6.45) is 4.68. The number of hydrogen-bond acceptors (Lipinski definition) is 4. The number of rotatable bonds is 8. The van der Waals surface area contributed by atoms with E-state index in [4.69, 9.17) is 4.74 Å². The summed E-state index contributed by atoms with van der Waals surface area (Å²) in [6, 6.07) is 6.66. The number of hydrogen-bond donors (Lipinski definition) is 2. The Balaban J connectivity index is 1.97. The van der Waals surface area contributed by atoms with E-state index >= 15 is 0 Å². The van der Waals surface area contributed by atoms with Gasteiger partial charge >= 0.3 is 0 Å². The Morgan fingerprint density at radius 2 is 2.00 bits per heavy atom. The molecule has 2 N–H and O–H groups in total. The van der Waals surface area contributed by atoms with Crippen molar-refractivity contribution >= 4 is 23.6 Å². The second-order valence-electron chi connectivity index (χ2n) is 5.32. The lowest BCUT2D eigenvalue weighted by Gasteiger charge is -2.18. The van der Waals surface area contributed by atoms with Crippen molar-refractivity contribution in [3.63, 3.8) is 0 Å². The normalized spacial score (nSPS) is 15.0. The Labute approximate surface area is 135 Å². The molecule has 22 heavy (non-hydrogen) atoms. The minimum absolute atomic E-state index is 0.0848. The molecule has 1 aliphatic carbocycles. The molecule has 6 heteroatoms. The Morgan fingerprint density at radius 3 is 2.55 bits per heavy atom. The van der Waals surface area contributed by atoms with Crippen molar-refractivity contribution in [1.82, 2.24) is 10.6 Å². The van der Waals surface area contributed by atoms with E-state index < -0.39 is 6.04 Å². The number of carbonyl (C=O) groups excluding carboxylic acids is 2. The van der Waals surface area contributed by atoms with Crippen LogP contribution in [0.2, 0.25) is 0 Å². The SMILES string of the molecule is COc1ccc(C(=O)N[C@@H](CCSC)C(=O)NC2CC2)cc1. The average molecular weight is 322 g/mol. The highest BCUT2D eigenvalue weighted by Crippen LogP contribution is 2.19. The zero-order valence-electron chi connectivity index (χ0n) is 12.9. The molecule has 120 valence electrons. The van der Waals surface area contributed by atoms with Crippen LogP contribution in [0.3, 0.4) is 0 Å². The number of amides is 2. The number of ether oxygens (including phenoxy) is 1. The molecule has 0 aromatic heterocycles. The summed E-state index contributed by atoms with van der Waals surface area (Å²) in [5.41, 5.74) is 0.522. The zero-order chi connectivity index (χ0) is 15.9. The lowest BCUT2D eigenvalue weighted by molar-refractivity contribution is -0.123. The van der Waals surface area contributed by atoms with Gasteiger partial charge in [0, 0.05) is 11.6 Å². The van der Waals surface area contributed by atoms with E-state index in [1.807, 2.05) is 6.26 Å². The maximum Gasteiger partial charge on any atom is 0.251 e. The monoisotopic (exact) mass is 322 g/mol. The molecular formula is C16H22N2O3S. The van der Waals surface area contributed by atoms with Crippen LogP contribution in [0.15, 0.2) is 24.3 Å². The van der Waals surface area contributed by atoms with Crippen molar-refractivity contribution in [3.8, 4) is 5.75 Å². The molecule has 1 atom stereocenters. The van der Waals surface area contributed by atoms with Crippen molar-refractivity contribution in [3.05, 3.63) is 29.8 Å². The molecular weight excluding hydrogens is 300 g/mol.